The molecular weight excluding hydrogens is 569 g/mol. The van der Waals surface area contributed by atoms with Crippen LogP contribution in [0.3, 0.4) is 0 Å². The minimum absolute atomic E-state index is 0.157. The number of likely N-dealkylation sites (tertiary alicyclic amines) is 2. The van der Waals surface area contributed by atoms with Gasteiger partial charge >= 0.3 is 0 Å². The number of hydrogen-bond acceptors (Lipinski definition) is 6. The first-order valence-electron chi connectivity index (χ1n) is 16.2. The predicted molar refractivity (Wildman–Crippen MR) is 175 cm³/mol. The fraction of sp³-hybridized carbons (Fsp3) is 0.444. The highest BCUT2D eigenvalue weighted by Crippen LogP contribution is 2.40. The molecular formula is C36H44FN5O3. The Kier molecular flexibility index (Phi) is 9.66. The van der Waals surface area contributed by atoms with Gasteiger partial charge < -0.3 is 24.3 Å². The Labute approximate surface area is 265 Å². The summed E-state index contributed by atoms with van der Waals surface area (Å²) in [6.07, 6.45) is 5.26. The number of carbonyl (C=O) groups is 1. The van der Waals surface area contributed by atoms with E-state index in [0.29, 0.717) is 32.1 Å². The van der Waals surface area contributed by atoms with Gasteiger partial charge in [-0.25, -0.2) is 9.37 Å². The number of rotatable bonds is 12. The van der Waals surface area contributed by atoms with Crippen LogP contribution in [-0.4, -0.2) is 77.9 Å². The van der Waals surface area contributed by atoms with Gasteiger partial charge in [0.15, 0.2) is 0 Å². The van der Waals surface area contributed by atoms with E-state index in [9.17, 15) is 9.18 Å². The molecule has 4 aromatic rings. The molecule has 3 heterocycles. The largest absolute Gasteiger partial charge is 0.496 e. The fourth-order valence-electron chi connectivity index (χ4n) is 7.08. The molecule has 0 saturated carbocycles. The molecule has 9 heteroatoms. The van der Waals surface area contributed by atoms with Crippen LogP contribution in [0.5, 0.6) is 5.75 Å². The highest BCUT2D eigenvalue weighted by atomic mass is 19.1. The third-order valence-corrected chi connectivity index (χ3v) is 9.52. The van der Waals surface area contributed by atoms with Crippen molar-refractivity contribution in [1.29, 1.82) is 0 Å². The van der Waals surface area contributed by atoms with Gasteiger partial charge in [-0.15, -0.1) is 0 Å². The molecule has 2 saturated heterocycles. The summed E-state index contributed by atoms with van der Waals surface area (Å²) < 4.78 is 27.5. The van der Waals surface area contributed by atoms with Crippen LogP contribution < -0.4 is 10.1 Å². The molecule has 6 rings (SSSR count). The number of benzene rings is 3. The SMILES string of the molecule is CCOCCn1c(NC2CCCCN2CCC2(c3ccccc3)CCN(C(=O)c3cc(F)ccc3OC)C2)nc2ccccc21. The third kappa shape index (κ3) is 6.70. The lowest BCUT2D eigenvalue weighted by Crippen LogP contribution is -2.47. The molecule has 45 heavy (non-hydrogen) atoms. The predicted octanol–water partition coefficient (Wildman–Crippen LogP) is 6.32. The van der Waals surface area contributed by atoms with Crippen LogP contribution in [0.15, 0.2) is 72.8 Å². The van der Waals surface area contributed by atoms with Crippen molar-refractivity contribution < 1.29 is 18.7 Å². The normalized spacial score (nSPS) is 20.5. The Morgan fingerprint density at radius 1 is 1.04 bits per heavy atom. The lowest BCUT2D eigenvalue weighted by molar-refractivity contribution is 0.0774. The van der Waals surface area contributed by atoms with E-state index in [1.54, 1.807) is 0 Å². The van der Waals surface area contributed by atoms with Crippen LogP contribution in [-0.2, 0) is 16.7 Å². The number of fused-ring (bicyclic) bond motifs is 1. The quantitative estimate of drug-likeness (QED) is 0.189. The second kappa shape index (κ2) is 14.0. The van der Waals surface area contributed by atoms with Crippen molar-refractivity contribution in [3.63, 3.8) is 0 Å². The van der Waals surface area contributed by atoms with Crippen LogP contribution >= 0.6 is 0 Å². The summed E-state index contributed by atoms with van der Waals surface area (Å²) in [5, 5.41) is 3.82. The number of imidazole rings is 1. The second-order valence-corrected chi connectivity index (χ2v) is 12.2. The highest BCUT2D eigenvalue weighted by Gasteiger charge is 2.42. The summed E-state index contributed by atoms with van der Waals surface area (Å²) in [6.45, 7) is 7.16. The van der Waals surface area contributed by atoms with Gasteiger partial charge in [-0.05, 0) is 74.9 Å². The number of carbonyl (C=O) groups excluding carboxylic acids is 1. The van der Waals surface area contributed by atoms with Crippen LogP contribution in [0.2, 0.25) is 0 Å². The Morgan fingerprint density at radius 3 is 2.69 bits per heavy atom. The molecule has 2 fully saturated rings. The summed E-state index contributed by atoms with van der Waals surface area (Å²) in [5.41, 5.74) is 3.40. The molecule has 1 aromatic heterocycles. The Bertz CT molecular complexity index is 1590. The maximum atomic E-state index is 14.2. The molecule has 0 spiro atoms. The maximum Gasteiger partial charge on any atom is 0.257 e. The minimum Gasteiger partial charge on any atom is -0.496 e. The number of halogens is 1. The number of nitrogens with zero attached hydrogens (tertiary/aromatic N) is 4. The van der Waals surface area contributed by atoms with Gasteiger partial charge in [0.05, 0.1) is 36.5 Å². The fourth-order valence-corrected chi connectivity index (χ4v) is 7.08. The van der Waals surface area contributed by atoms with Crippen molar-refractivity contribution >= 4 is 22.9 Å². The first-order valence-corrected chi connectivity index (χ1v) is 16.2. The number of ether oxygens (including phenoxy) is 2. The Balaban J connectivity index is 1.21. The number of piperidine rings is 1. The molecule has 2 unspecified atom stereocenters. The standard InChI is InChI=1S/C36H44FN5O3/c1-3-45-24-23-42-31-14-8-7-13-30(31)38-35(42)39-33-15-9-10-20-40(33)21-18-36(27-11-5-4-6-12-27)19-22-41(26-36)34(43)29-25-28(37)16-17-32(29)44-2/h4-8,11-14,16-17,25,33H,3,9-10,15,18-24,26H2,1-2H3,(H,38,39). The molecule has 0 aliphatic carbocycles. The number of anilines is 1. The smallest absolute Gasteiger partial charge is 0.257 e. The monoisotopic (exact) mass is 613 g/mol. The zero-order valence-corrected chi connectivity index (χ0v) is 26.4. The first-order chi connectivity index (χ1) is 22.0. The molecule has 2 atom stereocenters. The average molecular weight is 614 g/mol. The van der Waals surface area contributed by atoms with E-state index < -0.39 is 5.82 Å². The lowest BCUT2D eigenvalue weighted by Gasteiger charge is -2.39. The van der Waals surface area contributed by atoms with E-state index >= 15 is 0 Å². The first kappa shape index (κ1) is 31.0. The summed E-state index contributed by atoms with van der Waals surface area (Å²) >= 11 is 0. The number of nitrogens with one attached hydrogen (secondary N) is 1. The molecule has 238 valence electrons. The summed E-state index contributed by atoms with van der Waals surface area (Å²) in [5.74, 6) is 0.649. The number of methoxy groups -OCH3 is 1. The molecule has 1 N–H and O–H groups in total. The van der Waals surface area contributed by atoms with Gasteiger partial charge in [-0.2, -0.15) is 0 Å². The van der Waals surface area contributed by atoms with Crippen molar-refractivity contribution in [1.82, 2.24) is 19.4 Å². The average Bonchev–Trinajstić information content (AvgIpc) is 3.67. The van der Waals surface area contributed by atoms with Crippen LogP contribution in [0.4, 0.5) is 10.3 Å². The van der Waals surface area contributed by atoms with Crippen LogP contribution in [0, 0.1) is 5.82 Å². The van der Waals surface area contributed by atoms with Crippen molar-refractivity contribution in [3.05, 3.63) is 89.7 Å². The van der Waals surface area contributed by atoms with Crippen molar-refractivity contribution in [2.24, 2.45) is 0 Å². The van der Waals surface area contributed by atoms with Gasteiger partial charge in [-0.3, -0.25) is 9.69 Å². The number of amides is 1. The number of hydrogen-bond donors (Lipinski definition) is 1. The summed E-state index contributed by atoms with van der Waals surface area (Å²) in [6, 6.07) is 23.0. The zero-order chi connectivity index (χ0) is 31.2. The van der Waals surface area contributed by atoms with Gasteiger partial charge in [0.1, 0.15) is 11.6 Å². The van der Waals surface area contributed by atoms with Crippen LogP contribution in [0.1, 0.15) is 54.9 Å². The Hall–Kier alpha value is -3.95. The van der Waals surface area contributed by atoms with Crippen molar-refractivity contribution in [2.45, 2.75) is 57.2 Å². The van der Waals surface area contributed by atoms with Crippen molar-refractivity contribution in [2.75, 3.05) is 51.8 Å². The van der Waals surface area contributed by atoms with E-state index in [1.807, 2.05) is 24.0 Å². The van der Waals surface area contributed by atoms with Crippen molar-refractivity contribution in [3.8, 4) is 5.75 Å². The van der Waals surface area contributed by atoms with Gasteiger partial charge in [0, 0.05) is 44.7 Å². The lowest BCUT2D eigenvalue weighted by atomic mass is 9.76. The zero-order valence-electron chi connectivity index (χ0n) is 26.4. The topological polar surface area (TPSA) is 71.9 Å². The van der Waals surface area contributed by atoms with E-state index in [0.717, 1.165) is 68.7 Å². The molecule has 2 aliphatic rings. The molecule has 3 aromatic carbocycles. The summed E-state index contributed by atoms with van der Waals surface area (Å²) in [4.78, 5) is 23.1. The minimum atomic E-state index is -0.442. The van der Waals surface area contributed by atoms with E-state index in [2.05, 4.69) is 57.2 Å². The van der Waals surface area contributed by atoms with Gasteiger partial charge in [0.2, 0.25) is 5.95 Å². The number of para-hydroxylation sites is 2. The molecule has 8 nitrogen and oxygen atoms in total. The Morgan fingerprint density at radius 2 is 1.87 bits per heavy atom. The van der Waals surface area contributed by atoms with E-state index in [4.69, 9.17) is 14.5 Å². The van der Waals surface area contributed by atoms with E-state index in [1.165, 1.54) is 30.9 Å². The maximum absolute atomic E-state index is 14.2. The second-order valence-electron chi connectivity index (χ2n) is 12.2. The van der Waals surface area contributed by atoms with Gasteiger partial charge in [-0.1, -0.05) is 42.5 Å². The highest BCUT2D eigenvalue weighted by molar-refractivity contribution is 5.97. The molecule has 1 amide bonds. The van der Waals surface area contributed by atoms with E-state index in [-0.39, 0.29) is 23.1 Å². The van der Waals surface area contributed by atoms with Gasteiger partial charge in [0.25, 0.3) is 5.91 Å². The van der Waals surface area contributed by atoms with Crippen LogP contribution in [0.25, 0.3) is 11.0 Å². The molecule has 0 radical (unpaired) electrons. The number of aromatic nitrogens is 2. The summed E-state index contributed by atoms with van der Waals surface area (Å²) in [7, 11) is 1.51. The third-order valence-electron chi connectivity index (χ3n) is 9.52. The molecule has 2 aliphatic heterocycles. The molecule has 0 bridgehead atoms.